The lowest BCUT2D eigenvalue weighted by Crippen LogP contribution is -2.14. The van der Waals surface area contributed by atoms with Gasteiger partial charge in [-0.3, -0.25) is 9.29 Å². The lowest BCUT2D eigenvalue weighted by molar-refractivity contribution is 0.411. The monoisotopic (exact) mass is 464 g/mol. The Morgan fingerprint density at radius 1 is 0.909 bits per heavy atom. The summed E-state index contributed by atoms with van der Waals surface area (Å²) in [6.07, 6.45) is 5.01. The van der Waals surface area contributed by atoms with Crippen LogP contribution in [0, 0.1) is 20.8 Å². The fraction of sp³-hybridized carbons (Fsp3) is 0.174. The maximum atomic E-state index is 12.9. The van der Waals surface area contributed by atoms with E-state index in [1.54, 1.807) is 62.7 Å². The van der Waals surface area contributed by atoms with Gasteiger partial charge in [0.25, 0.3) is 10.0 Å². The molecule has 0 unspecified atom stereocenters. The van der Waals surface area contributed by atoms with Gasteiger partial charge < -0.3 is 10.1 Å². The molecule has 0 radical (unpaired) electrons. The van der Waals surface area contributed by atoms with E-state index in [0.29, 0.717) is 28.6 Å². The summed E-state index contributed by atoms with van der Waals surface area (Å²) in [5, 5.41) is 3.20. The van der Waals surface area contributed by atoms with E-state index in [-0.39, 0.29) is 4.90 Å². The molecule has 0 aliphatic heterocycles. The van der Waals surface area contributed by atoms with Gasteiger partial charge in [0, 0.05) is 29.8 Å². The third-order valence-electron chi connectivity index (χ3n) is 5.12. The number of sulfonamides is 1. The van der Waals surface area contributed by atoms with E-state index in [4.69, 9.17) is 4.74 Å². The van der Waals surface area contributed by atoms with Crippen molar-refractivity contribution in [1.29, 1.82) is 0 Å². The van der Waals surface area contributed by atoms with Crippen molar-refractivity contribution in [2.45, 2.75) is 25.7 Å². The molecule has 0 aliphatic carbocycles. The predicted octanol–water partition coefficient (Wildman–Crippen LogP) is 4.14. The molecule has 0 amide bonds. The predicted molar refractivity (Wildman–Crippen MR) is 127 cm³/mol. The normalized spacial score (nSPS) is 11.3. The SMILES string of the molecule is COc1cc(C)c(S(=O)(=O)Nc2ccc(Nc3cc(-n4ccnc4C)ncn3)cc2)cc1C. The highest BCUT2D eigenvalue weighted by Crippen LogP contribution is 2.27. The minimum atomic E-state index is -3.75. The molecule has 4 rings (SSSR count). The van der Waals surface area contributed by atoms with E-state index in [0.717, 1.165) is 17.1 Å². The average molecular weight is 465 g/mol. The summed E-state index contributed by atoms with van der Waals surface area (Å²) in [5.74, 6) is 2.76. The Labute approximate surface area is 192 Å². The summed E-state index contributed by atoms with van der Waals surface area (Å²) < 4.78 is 35.6. The summed E-state index contributed by atoms with van der Waals surface area (Å²) in [6, 6.07) is 12.1. The molecule has 4 aromatic rings. The van der Waals surface area contributed by atoms with Crippen LogP contribution in [0.4, 0.5) is 17.2 Å². The van der Waals surface area contributed by atoms with E-state index in [1.807, 2.05) is 24.6 Å². The molecular formula is C23H24N6O3S. The third kappa shape index (κ3) is 4.80. The van der Waals surface area contributed by atoms with Crippen molar-refractivity contribution < 1.29 is 13.2 Å². The van der Waals surface area contributed by atoms with E-state index in [2.05, 4.69) is 25.0 Å². The van der Waals surface area contributed by atoms with E-state index < -0.39 is 10.0 Å². The molecule has 0 atom stereocenters. The standard InChI is InChI=1S/C23H24N6O3S/c1-15-12-21(16(2)11-20(15)32-4)33(30,31)28-19-7-5-18(6-8-19)27-22-13-23(26-14-25-22)29-10-9-24-17(29)3/h5-14,28H,1-4H3,(H,25,26,27). The Bertz CT molecular complexity index is 1400. The number of imidazole rings is 1. The van der Waals surface area contributed by atoms with Crippen LogP contribution in [0.2, 0.25) is 0 Å². The van der Waals surface area contributed by atoms with Gasteiger partial charge in [0.15, 0.2) is 0 Å². The maximum Gasteiger partial charge on any atom is 0.262 e. The van der Waals surface area contributed by atoms with Crippen molar-refractivity contribution in [1.82, 2.24) is 19.5 Å². The first-order chi connectivity index (χ1) is 15.8. The number of nitrogens with zero attached hydrogens (tertiary/aromatic N) is 4. The minimum absolute atomic E-state index is 0.214. The van der Waals surface area contributed by atoms with Crippen LogP contribution in [-0.2, 0) is 10.0 Å². The lowest BCUT2D eigenvalue weighted by atomic mass is 10.1. The van der Waals surface area contributed by atoms with Crippen LogP contribution in [0.15, 0.2) is 66.1 Å². The van der Waals surface area contributed by atoms with Gasteiger partial charge in [0.05, 0.1) is 12.0 Å². The molecule has 10 heteroatoms. The summed E-state index contributed by atoms with van der Waals surface area (Å²) in [7, 11) is -2.19. The molecule has 170 valence electrons. The first-order valence-electron chi connectivity index (χ1n) is 10.1. The molecule has 0 aliphatic rings. The van der Waals surface area contributed by atoms with Crippen LogP contribution in [0.5, 0.6) is 5.75 Å². The van der Waals surface area contributed by atoms with Crippen LogP contribution in [-0.4, -0.2) is 35.0 Å². The Hall–Kier alpha value is -3.92. The van der Waals surface area contributed by atoms with Gasteiger partial charge >= 0.3 is 0 Å². The largest absolute Gasteiger partial charge is 0.496 e. The number of hydrogen-bond donors (Lipinski definition) is 2. The topological polar surface area (TPSA) is 111 Å². The highest BCUT2D eigenvalue weighted by Gasteiger charge is 2.19. The average Bonchev–Trinajstić information content (AvgIpc) is 3.22. The number of ether oxygens (including phenoxy) is 1. The van der Waals surface area contributed by atoms with E-state index in [9.17, 15) is 8.42 Å². The maximum absolute atomic E-state index is 12.9. The fourth-order valence-corrected chi connectivity index (χ4v) is 4.79. The van der Waals surface area contributed by atoms with Gasteiger partial charge in [-0.2, -0.15) is 0 Å². The first kappa shape index (κ1) is 22.3. The van der Waals surface area contributed by atoms with Crippen molar-refractivity contribution in [2.24, 2.45) is 0 Å². The lowest BCUT2D eigenvalue weighted by Gasteiger charge is -2.14. The molecule has 0 saturated heterocycles. The number of methoxy groups -OCH3 is 1. The number of nitrogens with one attached hydrogen (secondary N) is 2. The molecule has 9 nitrogen and oxygen atoms in total. The Kier molecular flexibility index (Phi) is 6.01. The van der Waals surface area contributed by atoms with Crippen LogP contribution >= 0.6 is 0 Å². The van der Waals surface area contributed by atoms with Crippen LogP contribution in [0.3, 0.4) is 0 Å². The van der Waals surface area contributed by atoms with Crippen molar-refractivity contribution in [3.05, 3.63) is 78.1 Å². The highest BCUT2D eigenvalue weighted by atomic mass is 32.2. The number of aromatic nitrogens is 4. The van der Waals surface area contributed by atoms with Gasteiger partial charge in [-0.15, -0.1) is 0 Å². The van der Waals surface area contributed by atoms with Crippen LogP contribution in [0.1, 0.15) is 17.0 Å². The summed E-state index contributed by atoms with van der Waals surface area (Å²) >= 11 is 0. The summed E-state index contributed by atoms with van der Waals surface area (Å²) in [6.45, 7) is 5.44. The van der Waals surface area contributed by atoms with Crippen LogP contribution in [0.25, 0.3) is 5.82 Å². The molecule has 2 aromatic heterocycles. The number of rotatable bonds is 7. The Morgan fingerprint density at radius 3 is 2.30 bits per heavy atom. The van der Waals surface area contributed by atoms with Crippen molar-refractivity contribution in [2.75, 3.05) is 17.1 Å². The number of hydrogen-bond acceptors (Lipinski definition) is 7. The Balaban J connectivity index is 1.50. The first-order valence-corrected chi connectivity index (χ1v) is 11.6. The zero-order valence-corrected chi connectivity index (χ0v) is 19.5. The third-order valence-corrected chi connectivity index (χ3v) is 6.64. The number of benzene rings is 2. The molecule has 2 N–H and O–H groups in total. The van der Waals surface area contributed by atoms with Gasteiger partial charge in [0.1, 0.15) is 29.5 Å². The molecular weight excluding hydrogens is 440 g/mol. The molecule has 0 fully saturated rings. The van der Waals surface area contributed by atoms with Gasteiger partial charge in [-0.25, -0.2) is 23.4 Å². The highest BCUT2D eigenvalue weighted by molar-refractivity contribution is 7.92. The van der Waals surface area contributed by atoms with Gasteiger partial charge in [-0.1, -0.05) is 0 Å². The molecule has 2 heterocycles. The smallest absolute Gasteiger partial charge is 0.262 e. The molecule has 0 spiro atoms. The van der Waals surface area contributed by atoms with E-state index >= 15 is 0 Å². The molecule has 2 aromatic carbocycles. The molecule has 33 heavy (non-hydrogen) atoms. The van der Waals surface area contributed by atoms with Gasteiger partial charge in [0.2, 0.25) is 0 Å². The second-order valence-corrected chi connectivity index (χ2v) is 9.15. The summed E-state index contributed by atoms with van der Waals surface area (Å²) in [5.41, 5.74) is 2.56. The second kappa shape index (κ2) is 8.91. The van der Waals surface area contributed by atoms with Crippen molar-refractivity contribution in [3.63, 3.8) is 0 Å². The number of anilines is 3. The van der Waals surface area contributed by atoms with Gasteiger partial charge in [-0.05, 0) is 68.3 Å². The number of aryl methyl sites for hydroxylation is 3. The van der Waals surface area contributed by atoms with E-state index in [1.165, 1.54) is 6.33 Å². The van der Waals surface area contributed by atoms with Crippen molar-refractivity contribution >= 4 is 27.2 Å². The minimum Gasteiger partial charge on any atom is -0.496 e. The quantitative estimate of drug-likeness (QED) is 0.423. The zero-order chi connectivity index (χ0) is 23.6. The molecule has 0 bridgehead atoms. The fourth-order valence-electron chi connectivity index (χ4n) is 3.42. The Morgan fingerprint density at radius 2 is 1.64 bits per heavy atom. The molecule has 0 saturated carbocycles. The zero-order valence-electron chi connectivity index (χ0n) is 18.7. The van der Waals surface area contributed by atoms with Crippen molar-refractivity contribution in [3.8, 4) is 11.6 Å². The second-order valence-electron chi connectivity index (χ2n) is 7.50. The van der Waals surface area contributed by atoms with Crippen LogP contribution < -0.4 is 14.8 Å². The summed E-state index contributed by atoms with van der Waals surface area (Å²) in [4.78, 5) is 12.9.